The molecule has 0 bridgehead atoms. The van der Waals surface area contributed by atoms with Crippen molar-refractivity contribution in [1.29, 1.82) is 0 Å². The van der Waals surface area contributed by atoms with Crippen LogP contribution in [-0.2, 0) is 15.4 Å². The highest BCUT2D eigenvalue weighted by atomic mass is 32.2. The third-order valence-corrected chi connectivity index (χ3v) is 5.91. The number of hydrogen-bond donors (Lipinski definition) is 2. The van der Waals surface area contributed by atoms with Crippen LogP contribution in [0.25, 0.3) is 0 Å². The maximum Gasteiger partial charge on any atom is 0.402 e. The number of benzene rings is 1. The van der Waals surface area contributed by atoms with E-state index >= 15 is 0 Å². The van der Waals surface area contributed by atoms with Crippen LogP contribution in [0.4, 0.5) is 22.7 Å². The molecule has 2 N–H and O–H groups in total. The van der Waals surface area contributed by atoms with E-state index in [1.165, 1.54) is 4.72 Å². The van der Waals surface area contributed by atoms with Gasteiger partial charge in [0, 0.05) is 5.41 Å². The quantitative estimate of drug-likeness (QED) is 0.696. The van der Waals surface area contributed by atoms with Gasteiger partial charge in [0.25, 0.3) is 5.91 Å². The Morgan fingerprint density at radius 1 is 1.18 bits per heavy atom. The summed E-state index contributed by atoms with van der Waals surface area (Å²) in [5, 5.41) is 10.6. The summed E-state index contributed by atoms with van der Waals surface area (Å²) >= 11 is 1.06. The fraction of sp³-hybridized carbons (Fsp3) is 0.400. The maximum absolute atomic E-state index is 14.0. The molecule has 1 amide bonds. The molecule has 154 valence electrons. The van der Waals surface area contributed by atoms with E-state index in [2.05, 4.69) is 15.5 Å². The van der Waals surface area contributed by atoms with Crippen molar-refractivity contribution >= 4 is 32.4 Å². The zero-order chi connectivity index (χ0) is 21.3. The molecule has 0 aliphatic rings. The third-order valence-electron chi connectivity index (χ3n) is 3.24. The van der Waals surface area contributed by atoms with Crippen LogP contribution >= 0.6 is 11.3 Å². The first-order valence-corrected chi connectivity index (χ1v) is 10.0. The Kier molecular flexibility index (Phi) is 6.11. The Bertz CT molecular complexity index is 982. The molecular formula is C15H16F4N4O3S2. The molecule has 13 heteroatoms. The average Bonchev–Trinajstić information content (AvgIpc) is 3.01. The van der Waals surface area contributed by atoms with E-state index in [9.17, 15) is 30.8 Å². The smallest absolute Gasteiger partial charge is 0.296 e. The maximum atomic E-state index is 14.0. The minimum absolute atomic E-state index is 0.0674. The van der Waals surface area contributed by atoms with Crippen LogP contribution in [0, 0.1) is 5.82 Å². The van der Waals surface area contributed by atoms with Crippen LogP contribution < -0.4 is 10.0 Å². The van der Waals surface area contributed by atoms with Gasteiger partial charge in [0.2, 0.25) is 15.2 Å². The molecule has 2 rings (SSSR count). The van der Waals surface area contributed by atoms with Crippen LogP contribution in [0.1, 0.15) is 36.1 Å². The van der Waals surface area contributed by atoms with E-state index < -0.39 is 44.9 Å². The number of hydrogen-bond acceptors (Lipinski definition) is 6. The van der Waals surface area contributed by atoms with Gasteiger partial charge in [-0.1, -0.05) is 32.1 Å². The number of carbonyl (C=O) groups is 1. The molecular weight excluding hydrogens is 424 g/mol. The van der Waals surface area contributed by atoms with Crippen LogP contribution in [0.3, 0.4) is 0 Å². The van der Waals surface area contributed by atoms with Crippen molar-refractivity contribution in [3.8, 4) is 0 Å². The topological polar surface area (TPSA) is 101 Å². The highest BCUT2D eigenvalue weighted by Crippen LogP contribution is 2.28. The van der Waals surface area contributed by atoms with Crippen molar-refractivity contribution < 1.29 is 30.8 Å². The van der Waals surface area contributed by atoms with Gasteiger partial charge in [0.05, 0.1) is 10.5 Å². The molecule has 0 radical (unpaired) electrons. The molecule has 0 unspecified atom stereocenters. The molecule has 28 heavy (non-hydrogen) atoms. The van der Waals surface area contributed by atoms with Crippen molar-refractivity contribution in [1.82, 2.24) is 14.9 Å². The Balaban J connectivity index is 2.25. The van der Waals surface area contributed by atoms with Crippen LogP contribution in [0.2, 0.25) is 0 Å². The van der Waals surface area contributed by atoms with E-state index in [1.807, 2.05) is 20.8 Å². The second kappa shape index (κ2) is 7.72. The van der Waals surface area contributed by atoms with Gasteiger partial charge < -0.3 is 0 Å². The summed E-state index contributed by atoms with van der Waals surface area (Å²) in [6.07, 6.45) is -4.77. The van der Waals surface area contributed by atoms with Crippen molar-refractivity contribution in [2.45, 2.75) is 37.3 Å². The summed E-state index contributed by atoms with van der Waals surface area (Å²) in [6, 6.07) is 2.08. The van der Waals surface area contributed by atoms with Crippen molar-refractivity contribution in [2.75, 3.05) is 11.9 Å². The van der Waals surface area contributed by atoms with Gasteiger partial charge in [-0.2, -0.15) is 13.2 Å². The lowest BCUT2D eigenvalue weighted by atomic mass is 9.98. The molecule has 1 aromatic heterocycles. The lowest BCUT2D eigenvalue weighted by Crippen LogP contribution is -2.33. The minimum atomic E-state index is -4.77. The number of alkyl halides is 3. The van der Waals surface area contributed by atoms with Crippen molar-refractivity contribution in [3.05, 3.63) is 34.6 Å². The summed E-state index contributed by atoms with van der Waals surface area (Å²) in [5.41, 5.74) is -0.994. The molecule has 0 spiro atoms. The highest BCUT2D eigenvalue weighted by molar-refractivity contribution is 7.89. The molecule has 7 nitrogen and oxygen atoms in total. The van der Waals surface area contributed by atoms with Gasteiger partial charge in [0.1, 0.15) is 17.4 Å². The second-order valence-corrected chi connectivity index (χ2v) is 9.44. The number of aromatic nitrogens is 2. The fourth-order valence-electron chi connectivity index (χ4n) is 1.85. The lowest BCUT2D eigenvalue weighted by Gasteiger charge is -2.12. The zero-order valence-corrected chi connectivity index (χ0v) is 16.5. The molecule has 2 aromatic rings. The largest absolute Gasteiger partial charge is 0.402 e. The fourth-order valence-corrected chi connectivity index (χ4v) is 3.68. The Morgan fingerprint density at radius 3 is 2.36 bits per heavy atom. The van der Waals surface area contributed by atoms with E-state index in [0.29, 0.717) is 17.1 Å². The predicted octanol–water partition coefficient (Wildman–Crippen LogP) is 3.07. The summed E-state index contributed by atoms with van der Waals surface area (Å²) < 4.78 is 76.0. The summed E-state index contributed by atoms with van der Waals surface area (Å²) in [6.45, 7) is 3.83. The lowest BCUT2D eigenvalue weighted by molar-refractivity contribution is -0.121. The second-order valence-electron chi connectivity index (χ2n) is 6.70. The molecule has 0 fully saturated rings. The van der Waals surface area contributed by atoms with Gasteiger partial charge in [-0.3, -0.25) is 10.1 Å². The number of anilines is 1. The number of amides is 1. The number of nitrogens with zero attached hydrogens (tertiary/aromatic N) is 2. The van der Waals surface area contributed by atoms with Gasteiger partial charge in [-0.05, 0) is 18.2 Å². The molecule has 0 aliphatic carbocycles. The number of halogens is 4. The summed E-state index contributed by atoms with van der Waals surface area (Å²) in [5.74, 6) is -2.06. The summed E-state index contributed by atoms with van der Waals surface area (Å²) in [4.78, 5) is 11.6. The van der Waals surface area contributed by atoms with E-state index in [4.69, 9.17) is 0 Å². The number of nitrogens with one attached hydrogen (secondary N) is 2. The Morgan fingerprint density at radius 2 is 1.82 bits per heavy atom. The molecule has 0 atom stereocenters. The molecule has 0 saturated carbocycles. The van der Waals surface area contributed by atoms with Crippen LogP contribution in [-0.4, -0.2) is 37.2 Å². The number of carbonyl (C=O) groups excluding carboxylic acids is 1. The molecule has 1 aromatic carbocycles. The first-order valence-electron chi connectivity index (χ1n) is 7.70. The van der Waals surface area contributed by atoms with E-state index in [0.717, 1.165) is 17.4 Å². The number of rotatable bonds is 5. The molecule has 1 heterocycles. The minimum Gasteiger partial charge on any atom is -0.296 e. The first-order chi connectivity index (χ1) is 12.7. The predicted molar refractivity (Wildman–Crippen MR) is 94.2 cm³/mol. The van der Waals surface area contributed by atoms with E-state index in [-0.39, 0.29) is 10.5 Å². The molecule has 0 aliphatic heterocycles. The highest BCUT2D eigenvalue weighted by Gasteiger charge is 2.30. The third kappa shape index (κ3) is 5.69. The van der Waals surface area contributed by atoms with Gasteiger partial charge >= 0.3 is 6.18 Å². The van der Waals surface area contributed by atoms with Crippen LogP contribution in [0.15, 0.2) is 23.1 Å². The zero-order valence-electron chi connectivity index (χ0n) is 14.9. The number of sulfonamides is 1. The SMILES string of the molecule is CC(C)(C)c1nnc(NC(=O)c2cc(S(=O)(=O)NCC(F)(F)F)ccc2F)s1. The van der Waals surface area contributed by atoms with Gasteiger partial charge in [0.15, 0.2) is 0 Å². The van der Waals surface area contributed by atoms with Crippen molar-refractivity contribution in [2.24, 2.45) is 0 Å². The molecule has 0 saturated heterocycles. The van der Waals surface area contributed by atoms with Gasteiger partial charge in [-0.25, -0.2) is 17.5 Å². The Hall–Kier alpha value is -2.12. The average molecular weight is 440 g/mol. The van der Waals surface area contributed by atoms with Crippen molar-refractivity contribution in [3.63, 3.8) is 0 Å². The summed E-state index contributed by atoms with van der Waals surface area (Å²) in [7, 11) is -4.60. The van der Waals surface area contributed by atoms with Gasteiger partial charge in [-0.15, -0.1) is 10.2 Å². The standard InChI is InChI=1S/C15H16F4N4O3S2/c1-14(2,3)12-22-23-13(27-12)21-11(24)9-6-8(4-5-10(9)16)28(25,26)20-7-15(17,18)19/h4-6,20H,7H2,1-3H3,(H,21,23,24). The van der Waals surface area contributed by atoms with E-state index in [1.54, 1.807) is 0 Å². The first kappa shape index (κ1) is 22.2. The Labute approximate surface area is 162 Å². The normalized spacial score (nSPS) is 12.8. The van der Waals surface area contributed by atoms with Crippen LogP contribution in [0.5, 0.6) is 0 Å². The monoisotopic (exact) mass is 440 g/mol.